The maximum Gasteiger partial charge on any atom is 0.384 e. The predicted molar refractivity (Wildman–Crippen MR) is 58.1 cm³/mol. The molecule has 90 valence electrons. The highest BCUT2D eigenvalue weighted by Crippen LogP contribution is 2.01. The minimum absolute atomic E-state index is 0.126. The summed E-state index contributed by atoms with van der Waals surface area (Å²) in [6, 6.07) is 0. The van der Waals surface area contributed by atoms with Gasteiger partial charge in [0.05, 0.1) is 13.7 Å². The molecule has 1 aromatic heterocycles. The molecular formula is C11H12N2O4. The topological polar surface area (TPSA) is 70.4 Å². The van der Waals surface area contributed by atoms with Crippen molar-refractivity contribution in [3.8, 4) is 11.8 Å². The van der Waals surface area contributed by atoms with Crippen molar-refractivity contribution in [1.29, 1.82) is 0 Å². The smallest absolute Gasteiger partial charge is 0.384 e. The van der Waals surface area contributed by atoms with Gasteiger partial charge in [-0.05, 0) is 12.8 Å². The van der Waals surface area contributed by atoms with Gasteiger partial charge < -0.3 is 14.0 Å². The van der Waals surface area contributed by atoms with Gasteiger partial charge in [-0.1, -0.05) is 0 Å². The number of aryl methyl sites for hydroxylation is 1. The van der Waals surface area contributed by atoms with Crippen LogP contribution >= 0.6 is 0 Å². The van der Waals surface area contributed by atoms with Crippen LogP contribution in [-0.4, -0.2) is 35.2 Å². The average Bonchev–Trinajstić information content (AvgIpc) is 2.67. The fourth-order valence-electron chi connectivity index (χ4n) is 1.09. The second-order valence-corrected chi connectivity index (χ2v) is 3.02. The number of hydrogen-bond acceptors (Lipinski definition) is 5. The van der Waals surface area contributed by atoms with Gasteiger partial charge in [0, 0.05) is 19.2 Å². The largest absolute Gasteiger partial charge is 0.463 e. The molecule has 0 bridgehead atoms. The molecular weight excluding hydrogens is 224 g/mol. The third kappa shape index (κ3) is 3.34. The molecule has 0 aliphatic heterocycles. The van der Waals surface area contributed by atoms with Gasteiger partial charge in [0.1, 0.15) is 5.69 Å². The Morgan fingerprint density at radius 2 is 2.24 bits per heavy atom. The zero-order chi connectivity index (χ0) is 12.8. The Morgan fingerprint density at radius 1 is 1.53 bits per heavy atom. The van der Waals surface area contributed by atoms with Crippen LogP contribution in [0.4, 0.5) is 0 Å². The monoisotopic (exact) mass is 236 g/mol. The van der Waals surface area contributed by atoms with E-state index in [2.05, 4.69) is 26.3 Å². The summed E-state index contributed by atoms with van der Waals surface area (Å²) in [6.45, 7) is 1.96. The van der Waals surface area contributed by atoms with E-state index in [4.69, 9.17) is 0 Å². The van der Waals surface area contributed by atoms with E-state index >= 15 is 0 Å². The Hall–Kier alpha value is -2.29. The summed E-state index contributed by atoms with van der Waals surface area (Å²) < 4.78 is 10.6. The van der Waals surface area contributed by atoms with Crippen LogP contribution in [0.1, 0.15) is 23.2 Å². The fourth-order valence-corrected chi connectivity index (χ4v) is 1.09. The molecule has 0 radical (unpaired) electrons. The molecule has 0 N–H and O–H groups in total. The number of rotatable bonds is 2. The summed E-state index contributed by atoms with van der Waals surface area (Å²) >= 11 is 0. The van der Waals surface area contributed by atoms with Crippen LogP contribution in [0.5, 0.6) is 0 Å². The van der Waals surface area contributed by atoms with Crippen LogP contribution in [0.2, 0.25) is 0 Å². The molecule has 17 heavy (non-hydrogen) atoms. The number of carbonyl (C=O) groups is 2. The van der Waals surface area contributed by atoms with Crippen molar-refractivity contribution in [2.75, 3.05) is 13.7 Å². The maximum atomic E-state index is 11.2. The van der Waals surface area contributed by atoms with Gasteiger partial charge in [0.25, 0.3) is 0 Å². The van der Waals surface area contributed by atoms with Crippen LogP contribution in [0.15, 0.2) is 6.20 Å². The van der Waals surface area contributed by atoms with Gasteiger partial charge >= 0.3 is 11.9 Å². The molecule has 6 nitrogen and oxygen atoms in total. The van der Waals surface area contributed by atoms with E-state index < -0.39 is 11.9 Å². The molecule has 0 fully saturated rings. The lowest BCUT2D eigenvalue weighted by Gasteiger charge is -1.96. The standard InChI is InChI=1S/C11H12N2O4/c1-4-17-9(14)6-5-8-7-13(2)10(12-8)11(15)16-3/h7H,4H2,1-3H3. The van der Waals surface area contributed by atoms with E-state index in [-0.39, 0.29) is 12.4 Å². The van der Waals surface area contributed by atoms with E-state index in [0.29, 0.717) is 5.69 Å². The Labute approximate surface area is 98.5 Å². The number of nitrogens with zero attached hydrogens (tertiary/aromatic N) is 2. The van der Waals surface area contributed by atoms with E-state index in [1.807, 2.05) is 0 Å². The van der Waals surface area contributed by atoms with Gasteiger partial charge in [-0.2, -0.15) is 0 Å². The Morgan fingerprint density at radius 3 is 2.82 bits per heavy atom. The first-order valence-corrected chi connectivity index (χ1v) is 4.89. The quantitative estimate of drug-likeness (QED) is 0.539. The van der Waals surface area contributed by atoms with Crippen LogP contribution in [0.3, 0.4) is 0 Å². The van der Waals surface area contributed by atoms with Gasteiger partial charge in [-0.25, -0.2) is 14.6 Å². The third-order valence-corrected chi connectivity index (χ3v) is 1.81. The molecule has 1 aromatic rings. The molecule has 0 spiro atoms. The average molecular weight is 236 g/mol. The van der Waals surface area contributed by atoms with Crippen molar-refractivity contribution < 1.29 is 19.1 Å². The van der Waals surface area contributed by atoms with Crippen LogP contribution < -0.4 is 0 Å². The lowest BCUT2D eigenvalue weighted by atomic mass is 10.4. The van der Waals surface area contributed by atoms with Crippen LogP contribution in [-0.2, 0) is 21.3 Å². The lowest BCUT2D eigenvalue weighted by molar-refractivity contribution is -0.136. The highest BCUT2D eigenvalue weighted by atomic mass is 16.5. The molecule has 0 atom stereocenters. The molecule has 0 aliphatic rings. The highest BCUT2D eigenvalue weighted by molar-refractivity contribution is 5.89. The Bertz CT molecular complexity index is 493. The van der Waals surface area contributed by atoms with Crippen molar-refractivity contribution in [1.82, 2.24) is 9.55 Å². The summed E-state index contributed by atoms with van der Waals surface area (Å²) in [4.78, 5) is 26.1. The number of hydrogen-bond donors (Lipinski definition) is 0. The van der Waals surface area contributed by atoms with E-state index in [0.717, 1.165) is 0 Å². The SMILES string of the molecule is CCOC(=O)C#Cc1cn(C)c(C(=O)OC)n1. The van der Waals surface area contributed by atoms with Crippen molar-refractivity contribution in [2.45, 2.75) is 6.92 Å². The molecule has 0 amide bonds. The molecule has 0 saturated heterocycles. The summed E-state index contributed by atoms with van der Waals surface area (Å²) in [5.41, 5.74) is 0.306. The fraction of sp³-hybridized carbons (Fsp3) is 0.364. The van der Waals surface area contributed by atoms with Crippen LogP contribution in [0.25, 0.3) is 0 Å². The first-order valence-electron chi connectivity index (χ1n) is 4.89. The lowest BCUT2D eigenvalue weighted by Crippen LogP contribution is -2.08. The van der Waals surface area contributed by atoms with Crippen molar-refractivity contribution >= 4 is 11.9 Å². The van der Waals surface area contributed by atoms with E-state index in [9.17, 15) is 9.59 Å². The number of imidazole rings is 1. The molecule has 1 heterocycles. The summed E-state index contributed by atoms with van der Waals surface area (Å²) in [6.07, 6.45) is 1.53. The highest BCUT2D eigenvalue weighted by Gasteiger charge is 2.12. The molecule has 0 saturated carbocycles. The second kappa shape index (κ2) is 5.70. The summed E-state index contributed by atoms with van der Waals surface area (Å²) in [5, 5.41) is 0. The van der Waals surface area contributed by atoms with E-state index in [1.165, 1.54) is 17.9 Å². The third-order valence-electron chi connectivity index (χ3n) is 1.81. The number of esters is 2. The van der Waals surface area contributed by atoms with Gasteiger partial charge in [0.15, 0.2) is 0 Å². The Balaban J connectivity index is 2.87. The van der Waals surface area contributed by atoms with Crippen LogP contribution in [0, 0.1) is 11.8 Å². The Kier molecular flexibility index (Phi) is 4.29. The first kappa shape index (κ1) is 12.8. The minimum Gasteiger partial charge on any atom is -0.463 e. The number of ether oxygens (including phenoxy) is 2. The van der Waals surface area contributed by atoms with Gasteiger partial charge in [0.2, 0.25) is 5.82 Å². The normalized spacial score (nSPS) is 9.12. The number of carbonyl (C=O) groups excluding carboxylic acids is 2. The summed E-state index contributed by atoms with van der Waals surface area (Å²) in [5.74, 6) is 3.70. The zero-order valence-electron chi connectivity index (χ0n) is 9.81. The summed E-state index contributed by atoms with van der Waals surface area (Å²) in [7, 11) is 2.90. The molecule has 6 heteroatoms. The first-order chi connectivity index (χ1) is 8.08. The maximum absolute atomic E-state index is 11.2. The zero-order valence-corrected chi connectivity index (χ0v) is 9.81. The van der Waals surface area contributed by atoms with E-state index in [1.54, 1.807) is 14.0 Å². The molecule has 0 aliphatic carbocycles. The molecule has 0 aromatic carbocycles. The predicted octanol–water partition coefficient (Wildman–Crippen LogP) is 0.121. The number of aromatic nitrogens is 2. The minimum atomic E-state index is -0.627. The van der Waals surface area contributed by atoms with Gasteiger partial charge in [-0.3, -0.25) is 0 Å². The number of methoxy groups -OCH3 is 1. The van der Waals surface area contributed by atoms with Crippen molar-refractivity contribution in [3.63, 3.8) is 0 Å². The molecule has 0 unspecified atom stereocenters. The van der Waals surface area contributed by atoms with Gasteiger partial charge in [-0.15, -0.1) is 0 Å². The molecule has 1 rings (SSSR count). The second-order valence-electron chi connectivity index (χ2n) is 3.02. The van der Waals surface area contributed by atoms with Crippen molar-refractivity contribution in [3.05, 3.63) is 17.7 Å². The van der Waals surface area contributed by atoms with Crippen molar-refractivity contribution in [2.24, 2.45) is 7.05 Å².